The van der Waals surface area contributed by atoms with E-state index in [0.29, 0.717) is 16.8 Å². The van der Waals surface area contributed by atoms with Gasteiger partial charge in [0.15, 0.2) is 5.82 Å². The van der Waals surface area contributed by atoms with Gasteiger partial charge in [-0.05, 0) is 24.3 Å². The van der Waals surface area contributed by atoms with Crippen LogP contribution in [0.1, 0.15) is 5.56 Å². The number of pyridine rings is 1. The zero-order valence-corrected chi connectivity index (χ0v) is 10.4. The van der Waals surface area contributed by atoms with Crippen molar-refractivity contribution in [2.75, 3.05) is 0 Å². The Morgan fingerprint density at radius 1 is 1.15 bits per heavy atom. The number of fused-ring (bicyclic) bond motifs is 1. The van der Waals surface area contributed by atoms with Crippen molar-refractivity contribution in [2.45, 2.75) is 0 Å². The van der Waals surface area contributed by atoms with Gasteiger partial charge in [0, 0.05) is 12.4 Å². The third-order valence-corrected chi connectivity index (χ3v) is 2.80. The molecule has 0 fully saturated rings. The van der Waals surface area contributed by atoms with E-state index in [1.165, 1.54) is 6.21 Å². The molecule has 0 saturated carbocycles. The largest absolute Gasteiger partial charge is 0.506 e. The molecule has 0 aliphatic heterocycles. The SMILES string of the molecule is O=c1oc2ccccc2c(O)c1/C=N/c1ccccn1. The fraction of sp³-hybridized carbons (Fsp3) is 0. The van der Waals surface area contributed by atoms with Gasteiger partial charge in [-0.3, -0.25) is 0 Å². The number of aliphatic imine (C=N–C) groups is 1. The Labute approximate surface area is 113 Å². The minimum atomic E-state index is -0.638. The summed E-state index contributed by atoms with van der Waals surface area (Å²) < 4.78 is 5.13. The second-order valence-electron chi connectivity index (χ2n) is 4.09. The predicted octanol–water partition coefficient (Wildman–Crippen LogP) is 2.64. The molecule has 0 spiro atoms. The molecule has 0 saturated heterocycles. The second-order valence-corrected chi connectivity index (χ2v) is 4.09. The van der Waals surface area contributed by atoms with Gasteiger partial charge in [0.25, 0.3) is 0 Å². The zero-order valence-electron chi connectivity index (χ0n) is 10.4. The molecule has 98 valence electrons. The number of para-hydroxylation sites is 1. The van der Waals surface area contributed by atoms with E-state index >= 15 is 0 Å². The molecular weight excluding hydrogens is 256 g/mol. The number of aromatic hydroxyl groups is 1. The van der Waals surface area contributed by atoms with Crippen LogP contribution in [0.5, 0.6) is 5.75 Å². The third-order valence-electron chi connectivity index (χ3n) is 2.80. The molecule has 3 rings (SSSR count). The summed E-state index contributed by atoms with van der Waals surface area (Å²) in [5, 5.41) is 10.6. The van der Waals surface area contributed by atoms with Crippen LogP contribution in [0, 0.1) is 0 Å². The molecule has 0 atom stereocenters. The van der Waals surface area contributed by atoms with Crippen molar-refractivity contribution < 1.29 is 9.52 Å². The molecule has 1 aromatic carbocycles. The van der Waals surface area contributed by atoms with Crippen LogP contribution in [0.2, 0.25) is 0 Å². The van der Waals surface area contributed by atoms with Gasteiger partial charge in [0.05, 0.1) is 5.39 Å². The molecule has 2 aromatic heterocycles. The molecular formula is C15H10N2O3. The van der Waals surface area contributed by atoms with Crippen molar-refractivity contribution in [3.05, 3.63) is 64.6 Å². The van der Waals surface area contributed by atoms with E-state index < -0.39 is 5.63 Å². The van der Waals surface area contributed by atoms with Crippen LogP contribution in [-0.4, -0.2) is 16.3 Å². The number of aromatic nitrogens is 1. The molecule has 3 aromatic rings. The molecule has 0 radical (unpaired) electrons. The minimum absolute atomic E-state index is 0.00866. The maximum Gasteiger partial charge on any atom is 0.348 e. The summed E-state index contributed by atoms with van der Waals surface area (Å²) in [4.78, 5) is 19.9. The highest BCUT2D eigenvalue weighted by atomic mass is 16.4. The lowest BCUT2D eigenvalue weighted by Crippen LogP contribution is -2.06. The molecule has 1 N–H and O–H groups in total. The Kier molecular flexibility index (Phi) is 3.01. The van der Waals surface area contributed by atoms with Crippen molar-refractivity contribution in [3.63, 3.8) is 0 Å². The average Bonchev–Trinajstić information content (AvgIpc) is 2.48. The monoisotopic (exact) mass is 266 g/mol. The highest BCUT2D eigenvalue weighted by molar-refractivity contribution is 5.94. The first-order valence-electron chi connectivity index (χ1n) is 5.95. The fourth-order valence-electron chi connectivity index (χ4n) is 1.82. The summed E-state index contributed by atoms with van der Waals surface area (Å²) in [6.07, 6.45) is 2.85. The van der Waals surface area contributed by atoms with E-state index in [1.807, 2.05) is 0 Å². The third kappa shape index (κ3) is 2.16. The predicted molar refractivity (Wildman–Crippen MR) is 75.6 cm³/mol. The molecule has 2 heterocycles. The van der Waals surface area contributed by atoms with Gasteiger partial charge in [-0.2, -0.15) is 0 Å². The molecule has 5 nitrogen and oxygen atoms in total. The molecule has 0 aliphatic carbocycles. The van der Waals surface area contributed by atoms with Crippen molar-refractivity contribution in [1.82, 2.24) is 4.98 Å². The quantitative estimate of drug-likeness (QED) is 0.571. The lowest BCUT2D eigenvalue weighted by molar-refractivity contribution is 0.466. The summed E-state index contributed by atoms with van der Waals surface area (Å²) in [5.41, 5.74) is -0.291. The average molecular weight is 266 g/mol. The van der Waals surface area contributed by atoms with Crippen molar-refractivity contribution in [1.29, 1.82) is 0 Å². The lowest BCUT2D eigenvalue weighted by atomic mass is 10.1. The minimum Gasteiger partial charge on any atom is -0.506 e. The Bertz CT molecular complexity index is 839. The fourth-order valence-corrected chi connectivity index (χ4v) is 1.82. The van der Waals surface area contributed by atoms with E-state index in [-0.39, 0.29) is 11.3 Å². The van der Waals surface area contributed by atoms with Crippen molar-refractivity contribution in [2.24, 2.45) is 4.99 Å². The number of hydrogen-bond acceptors (Lipinski definition) is 5. The highest BCUT2D eigenvalue weighted by Crippen LogP contribution is 2.25. The molecule has 20 heavy (non-hydrogen) atoms. The lowest BCUT2D eigenvalue weighted by Gasteiger charge is -2.01. The van der Waals surface area contributed by atoms with E-state index in [1.54, 1.807) is 48.7 Å². The van der Waals surface area contributed by atoms with E-state index in [4.69, 9.17) is 4.42 Å². The van der Waals surface area contributed by atoms with Gasteiger partial charge in [-0.1, -0.05) is 18.2 Å². The first-order valence-corrected chi connectivity index (χ1v) is 5.95. The Hall–Kier alpha value is -2.95. The smallest absolute Gasteiger partial charge is 0.348 e. The first kappa shape index (κ1) is 12.1. The number of rotatable bonds is 2. The Morgan fingerprint density at radius 2 is 1.95 bits per heavy atom. The van der Waals surface area contributed by atoms with E-state index in [2.05, 4.69) is 9.98 Å². The topological polar surface area (TPSA) is 75.7 Å². The van der Waals surface area contributed by atoms with Crippen LogP contribution in [0.25, 0.3) is 11.0 Å². The molecule has 0 amide bonds. The summed E-state index contributed by atoms with van der Waals surface area (Å²) in [7, 11) is 0. The molecule has 0 bridgehead atoms. The number of nitrogens with zero attached hydrogens (tertiary/aromatic N) is 2. The standard InChI is InChI=1S/C15H10N2O3/c18-14-10-5-1-2-6-12(10)20-15(19)11(14)9-17-13-7-3-4-8-16-13/h1-9,18H/b17-9+. The van der Waals surface area contributed by atoms with Crippen LogP contribution in [0.15, 0.2) is 62.9 Å². The maximum atomic E-state index is 11.8. The Balaban J connectivity index is 2.12. The van der Waals surface area contributed by atoms with Gasteiger partial charge in [-0.25, -0.2) is 14.8 Å². The Morgan fingerprint density at radius 3 is 2.75 bits per heavy atom. The van der Waals surface area contributed by atoms with Gasteiger partial charge < -0.3 is 9.52 Å². The molecule has 5 heteroatoms. The summed E-state index contributed by atoms with van der Waals surface area (Å²) in [6.45, 7) is 0. The van der Waals surface area contributed by atoms with E-state index in [9.17, 15) is 9.90 Å². The van der Waals surface area contributed by atoms with Gasteiger partial charge in [-0.15, -0.1) is 0 Å². The van der Waals surface area contributed by atoms with Crippen LogP contribution in [0.3, 0.4) is 0 Å². The van der Waals surface area contributed by atoms with Crippen molar-refractivity contribution in [3.8, 4) is 5.75 Å². The van der Waals surface area contributed by atoms with Crippen LogP contribution < -0.4 is 5.63 Å². The van der Waals surface area contributed by atoms with Crippen molar-refractivity contribution >= 4 is 23.0 Å². The molecule has 0 unspecified atom stereocenters. The zero-order chi connectivity index (χ0) is 13.9. The maximum absolute atomic E-state index is 11.8. The van der Waals surface area contributed by atoms with Crippen LogP contribution in [0.4, 0.5) is 5.82 Å². The van der Waals surface area contributed by atoms with Gasteiger partial charge in [0.2, 0.25) is 0 Å². The van der Waals surface area contributed by atoms with Crippen LogP contribution in [-0.2, 0) is 0 Å². The molecule has 0 aliphatic rings. The first-order chi connectivity index (χ1) is 9.75. The number of hydrogen-bond donors (Lipinski definition) is 1. The van der Waals surface area contributed by atoms with E-state index in [0.717, 1.165) is 0 Å². The van der Waals surface area contributed by atoms with Crippen LogP contribution >= 0.6 is 0 Å². The second kappa shape index (κ2) is 4.97. The summed E-state index contributed by atoms with van der Waals surface area (Å²) >= 11 is 0. The van der Waals surface area contributed by atoms with Gasteiger partial charge in [0.1, 0.15) is 16.9 Å². The number of benzene rings is 1. The summed E-state index contributed by atoms with van der Waals surface area (Å²) in [5.74, 6) is 0.302. The van der Waals surface area contributed by atoms with Gasteiger partial charge >= 0.3 is 5.63 Å². The normalized spacial score (nSPS) is 11.2. The summed E-state index contributed by atoms with van der Waals surface area (Å²) in [6, 6.07) is 12.0. The highest BCUT2D eigenvalue weighted by Gasteiger charge is 2.11.